The molecule has 43 heavy (non-hydrogen) atoms. The van der Waals surface area contributed by atoms with Crippen molar-refractivity contribution < 1.29 is 24.9 Å². The molecule has 5 heterocycles. The molecule has 13 nitrogen and oxygen atoms in total. The van der Waals surface area contributed by atoms with E-state index in [0.717, 1.165) is 28.8 Å². The fraction of sp³-hybridized carbons (Fsp3) is 0.300. The van der Waals surface area contributed by atoms with Gasteiger partial charge in [0.1, 0.15) is 29.7 Å². The van der Waals surface area contributed by atoms with Gasteiger partial charge in [-0.05, 0) is 73.1 Å². The number of rotatable bonds is 6. The summed E-state index contributed by atoms with van der Waals surface area (Å²) < 4.78 is 9.57. The molecule has 4 N–H and O–H groups in total. The highest BCUT2D eigenvalue weighted by Gasteiger charge is 2.48. The molecule has 3 atom stereocenters. The van der Waals surface area contributed by atoms with Crippen molar-refractivity contribution in [1.29, 1.82) is 0 Å². The molecule has 1 aliphatic carbocycles. The van der Waals surface area contributed by atoms with Crippen LogP contribution in [-0.4, -0.2) is 67.9 Å². The van der Waals surface area contributed by atoms with Gasteiger partial charge in [-0.2, -0.15) is 10.2 Å². The number of ether oxygens (including phenoxy) is 1. The van der Waals surface area contributed by atoms with E-state index in [2.05, 4.69) is 25.5 Å². The Hall–Kier alpha value is -5.33. The third-order valence-corrected chi connectivity index (χ3v) is 8.02. The van der Waals surface area contributed by atoms with Crippen molar-refractivity contribution in [3.8, 4) is 11.5 Å². The quantitative estimate of drug-likeness (QED) is 0.154. The van der Waals surface area contributed by atoms with Gasteiger partial charge in [-0.1, -0.05) is 13.8 Å². The lowest BCUT2D eigenvalue weighted by molar-refractivity contribution is -0.132. The zero-order valence-corrected chi connectivity index (χ0v) is 23.9. The van der Waals surface area contributed by atoms with Crippen LogP contribution in [-0.2, 0) is 4.79 Å². The molecular formula is C30H32N8O5. The van der Waals surface area contributed by atoms with E-state index in [4.69, 9.17) is 14.9 Å². The Morgan fingerprint density at radius 2 is 1.74 bits per heavy atom. The third kappa shape index (κ3) is 5.02. The lowest BCUT2D eigenvalue weighted by Gasteiger charge is -2.31. The topological polar surface area (TPSA) is 163 Å². The predicted octanol–water partition coefficient (Wildman–Crippen LogP) is 5.19. The van der Waals surface area contributed by atoms with Crippen LogP contribution in [0.3, 0.4) is 0 Å². The summed E-state index contributed by atoms with van der Waals surface area (Å²) in [6.45, 7) is 6.39. The van der Waals surface area contributed by atoms with E-state index in [1.165, 1.54) is 17.6 Å². The number of benzene rings is 1. The zero-order valence-electron chi connectivity index (χ0n) is 23.9. The number of aryl methyl sites for hydroxylation is 1. The second-order valence-corrected chi connectivity index (χ2v) is 10.4. The summed E-state index contributed by atoms with van der Waals surface area (Å²) in [6.07, 6.45) is 8.16. The number of pyridine rings is 1. The number of fused-ring (bicyclic) bond motifs is 4. The number of hydrogen-bond acceptors (Lipinski definition) is 10. The fourth-order valence-corrected chi connectivity index (χ4v) is 6.15. The number of anilines is 2. The largest absolute Gasteiger partial charge is 0.498 e. The number of aliphatic hydroxyl groups excluding tert-OH is 2. The highest BCUT2D eigenvalue weighted by Crippen LogP contribution is 2.49. The number of likely N-dealkylation sites (tertiary alicyclic amines) is 1. The van der Waals surface area contributed by atoms with E-state index >= 15 is 0 Å². The summed E-state index contributed by atoms with van der Waals surface area (Å²) in [6, 6.07) is 11.4. The number of hydrogen-bond donors (Lipinski definition) is 4. The van der Waals surface area contributed by atoms with Crippen molar-refractivity contribution >= 4 is 28.6 Å². The molecule has 0 spiro atoms. The molecule has 1 saturated heterocycles. The van der Waals surface area contributed by atoms with Crippen LogP contribution < -0.4 is 10.1 Å². The van der Waals surface area contributed by atoms with Crippen molar-refractivity contribution in [2.75, 3.05) is 11.9 Å². The summed E-state index contributed by atoms with van der Waals surface area (Å²) in [5, 5.41) is 39.9. The Kier molecular flexibility index (Phi) is 7.22. The maximum atomic E-state index is 12.5. The van der Waals surface area contributed by atoms with Crippen molar-refractivity contribution in [2.45, 2.75) is 45.6 Å². The molecule has 222 valence electrons. The van der Waals surface area contributed by atoms with E-state index in [0.29, 0.717) is 35.9 Å². The average molecular weight is 585 g/mol. The first-order valence-corrected chi connectivity index (χ1v) is 14.1. The van der Waals surface area contributed by atoms with Gasteiger partial charge >= 0.3 is 5.95 Å². The first-order valence-electron chi connectivity index (χ1n) is 14.1. The van der Waals surface area contributed by atoms with Crippen LogP contribution in [0, 0.1) is 12.8 Å². The van der Waals surface area contributed by atoms with Gasteiger partial charge < -0.3 is 30.3 Å². The van der Waals surface area contributed by atoms with Gasteiger partial charge in [0, 0.05) is 36.7 Å². The highest BCUT2D eigenvalue weighted by atomic mass is 16.5. The molecular weight excluding hydrogens is 552 g/mol. The summed E-state index contributed by atoms with van der Waals surface area (Å²) in [4.78, 5) is 22.8. The molecule has 0 radical (unpaired) electrons. The molecule has 2 fully saturated rings. The van der Waals surface area contributed by atoms with Gasteiger partial charge in [0.2, 0.25) is 0 Å². The van der Waals surface area contributed by atoms with Gasteiger partial charge in [0.15, 0.2) is 11.5 Å². The van der Waals surface area contributed by atoms with Crippen LogP contribution in [0.25, 0.3) is 11.2 Å². The van der Waals surface area contributed by atoms with Crippen molar-refractivity contribution in [1.82, 2.24) is 34.1 Å². The molecule has 13 heteroatoms. The first-order chi connectivity index (χ1) is 20.9. The van der Waals surface area contributed by atoms with E-state index in [9.17, 15) is 9.90 Å². The fourth-order valence-electron chi connectivity index (χ4n) is 6.15. The lowest BCUT2D eigenvalue weighted by atomic mass is 9.88. The minimum absolute atomic E-state index is 0.101. The number of carbonyl (C=O) groups is 1. The summed E-state index contributed by atoms with van der Waals surface area (Å²) >= 11 is 0. The smallest absolute Gasteiger partial charge is 0.324 e. The van der Waals surface area contributed by atoms with Crippen LogP contribution in [0.15, 0.2) is 73.2 Å². The van der Waals surface area contributed by atoms with Crippen molar-refractivity contribution in [3.05, 3.63) is 84.3 Å². The molecule has 7 rings (SSSR count). The first kappa shape index (κ1) is 27.8. The number of nitrogens with one attached hydrogen (secondary N) is 1. The molecule has 5 aromatic rings. The van der Waals surface area contributed by atoms with E-state index < -0.39 is 17.6 Å². The van der Waals surface area contributed by atoms with Crippen molar-refractivity contribution in [2.24, 2.45) is 5.92 Å². The van der Waals surface area contributed by atoms with Gasteiger partial charge in [-0.15, -0.1) is 0 Å². The van der Waals surface area contributed by atoms with Crippen LogP contribution in [0.1, 0.15) is 43.7 Å². The van der Waals surface area contributed by atoms with Crippen molar-refractivity contribution in [3.63, 3.8) is 0 Å². The molecule has 1 saturated carbocycles. The van der Waals surface area contributed by atoms with Crippen LogP contribution in [0.4, 0.5) is 11.5 Å². The average Bonchev–Trinajstić information content (AvgIpc) is 3.82. The Labute approximate surface area is 246 Å². The summed E-state index contributed by atoms with van der Waals surface area (Å²) in [5.41, 5.74) is 4.41. The number of amides is 1. The number of piperidine rings is 1. The summed E-state index contributed by atoms with van der Waals surface area (Å²) in [7, 11) is 0. The van der Waals surface area contributed by atoms with Crippen LogP contribution >= 0.6 is 0 Å². The van der Waals surface area contributed by atoms with Gasteiger partial charge in [0.25, 0.3) is 11.7 Å². The second-order valence-electron chi connectivity index (χ2n) is 10.4. The van der Waals surface area contributed by atoms with Gasteiger partial charge in [0.05, 0.1) is 0 Å². The molecule has 2 bridgehead atoms. The second kappa shape index (κ2) is 11.2. The summed E-state index contributed by atoms with van der Waals surface area (Å²) in [5.74, 6) is -0.781. The minimum atomic E-state index is -1.36. The monoisotopic (exact) mass is 584 g/mol. The Balaban J connectivity index is 0.00000161. The third-order valence-electron chi connectivity index (χ3n) is 8.02. The Bertz CT molecular complexity index is 1840. The SMILES string of the molecule is CC.Cc1cc(Nc2ncnn3ccc(C4CC5CC4CN5C(=O)C(O)=C(O)O)c23)ccc1Oc1ccn2ncnc2c1. The van der Waals surface area contributed by atoms with E-state index in [1.54, 1.807) is 15.2 Å². The molecule has 1 amide bonds. The lowest BCUT2D eigenvalue weighted by Crippen LogP contribution is -2.40. The van der Waals surface area contributed by atoms with Crippen LogP contribution in [0.2, 0.25) is 0 Å². The minimum Gasteiger partial charge on any atom is -0.498 e. The van der Waals surface area contributed by atoms with Crippen LogP contribution in [0.5, 0.6) is 11.5 Å². The number of aromatic nitrogens is 6. The zero-order chi connectivity index (χ0) is 30.2. The molecule has 1 aliphatic heterocycles. The molecule has 3 unspecified atom stereocenters. The van der Waals surface area contributed by atoms with Gasteiger partial charge in [-0.25, -0.2) is 19.0 Å². The normalized spacial score (nSPS) is 18.9. The standard InChI is InChI=1S/C28H26N8O5.C2H6/c1-15-8-17(2-3-22(15)41-19-4-6-35-23(11-19)29-13-31-35)33-26-24-20(5-7-36(24)32-14-30-26)21-10-18-9-16(21)12-34(18)27(38)25(37)28(39)40;1-2/h2-8,11,13-14,16,18,21,37,39-40H,9-10,12H2,1H3,(H,30,32,33);1-2H3. The maximum absolute atomic E-state index is 12.5. The number of nitrogens with zero attached hydrogens (tertiary/aromatic N) is 7. The molecule has 1 aromatic carbocycles. The van der Waals surface area contributed by atoms with Gasteiger partial charge in [-0.3, -0.25) is 4.79 Å². The Morgan fingerprint density at radius 3 is 2.49 bits per heavy atom. The molecule has 4 aromatic heterocycles. The number of aliphatic hydroxyl groups is 3. The predicted molar refractivity (Wildman–Crippen MR) is 158 cm³/mol. The van der Waals surface area contributed by atoms with E-state index in [-0.39, 0.29) is 17.9 Å². The van der Waals surface area contributed by atoms with E-state index in [1.807, 2.05) is 63.4 Å². The number of carbonyl (C=O) groups excluding carboxylic acids is 1. The molecule has 2 aliphatic rings. The Morgan fingerprint density at radius 1 is 0.977 bits per heavy atom. The highest BCUT2D eigenvalue weighted by molar-refractivity contribution is 5.91. The maximum Gasteiger partial charge on any atom is 0.324 e.